The minimum absolute atomic E-state index is 0.0904. The summed E-state index contributed by atoms with van der Waals surface area (Å²) >= 11 is 0. The van der Waals surface area contributed by atoms with Gasteiger partial charge in [-0.25, -0.2) is 9.97 Å². The molecule has 0 saturated carbocycles. The van der Waals surface area contributed by atoms with Crippen LogP contribution in [0.4, 0.5) is 0 Å². The average Bonchev–Trinajstić information content (AvgIpc) is 2.42. The topological polar surface area (TPSA) is 42.9 Å². The van der Waals surface area contributed by atoms with E-state index in [-0.39, 0.29) is 5.78 Å². The highest BCUT2D eigenvalue weighted by Crippen LogP contribution is 2.26. The molecule has 0 N–H and O–H groups in total. The maximum Gasteiger partial charge on any atom is 0.170 e. The number of para-hydroxylation sites is 3. The molecule has 0 amide bonds. The Bertz CT molecular complexity index is 816. The fraction of sp³-hybridized carbons (Fsp3) is 0.235. The number of benzene rings is 2. The van der Waals surface area contributed by atoms with E-state index in [1.165, 1.54) is 0 Å². The number of carbonyl (C=O) groups is 1. The van der Waals surface area contributed by atoms with Gasteiger partial charge in [-0.15, -0.1) is 0 Å². The van der Waals surface area contributed by atoms with Crippen LogP contribution in [0.5, 0.6) is 0 Å². The number of fused-ring (bicyclic) bond motifs is 2. The Morgan fingerprint density at radius 1 is 0.850 bits per heavy atom. The lowest BCUT2D eigenvalue weighted by Gasteiger charge is -2.17. The minimum Gasteiger partial charge on any atom is -0.294 e. The highest BCUT2D eigenvalue weighted by molar-refractivity contribution is 6.09. The molecule has 0 radical (unpaired) electrons. The molecule has 1 aromatic heterocycles. The summed E-state index contributed by atoms with van der Waals surface area (Å²) in [6.45, 7) is 5.76. The van der Waals surface area contributed by atoms with Crippen LogP contribution in [0, 0.1) is 5.41 Å². The molecule has 3 rings (SSSR count). The molecule has 3 heteroatoms. The second-order valence-electron chi connectivity index (χ2n) is 5.96. The van der Waals surface area contributed by atoms with Crippen LogP contribution in [0.2, 0.25) is 0 Å². The molecule has 0 atom stereocenters. The third-order valence-corrected chi connectivity index (χ3v) is 3.30. The van der Waals surface area contributed by atoms with Crippen molar-refractivity contribution >= 4 is 27.9 Å². The maximum absolute atomic E-state index is 12.5. The van der Waals surface area contributed by atoms with Crippen LogP contribution >= 0.6 is 0 Å². The fourth-order valence-corrected chi connectivity index (χ4v) is 2.23. The van der Waals surface area contributed by atoms with E-state index in [0.29, 0.717) is 11.1 Å². The van der Waals surface area contributed by atoms with E-state index in [2.05, 4.69) is 9.97 Å². The molecule has 0 aliphatic carbocycles. The summed E-state index contributed by atoms with van der Waals surface area (Å²) < 4.78 is 0. The molecule has 20 heavy (non-hydrogen) atoms. The van der Waals surface area contributed by atoms with Crippen LogP contribution in [0.3, 0.4) is 0 Å². The largest absolute Gasteiger partial charge is 0.294 e. The van der Waals surface area contributed by atoms with Gasteiger partial charge in [0, 0.05) is 11.0 Å². The first-order valence-corrected chi connectivity index (χ1v) is 6.67. The zero-order valence-electron chi connectivity index (χ0n) is 11.8. The normalized spacial score (nSPS) is 11.9. The number of ketones is 1. The number of aromatic nitrogens is 2. The van der Waals surface area contributed by atoms with Crippen molar-refractivity contribution in [3.05, 3.63) is 48.0 Å². The van der Waals surface area contributed by atoms with Crippen molar-refractivity contribution in [3.8, 4) is 0 Å². The van der Waals surface area contributed by atoms with E-state index >= 15 is 0 Å². The first-order chi connectivity index (χ1) is 9.47. The molecular weight excluding hydrogens is 248 g/mol. The number of rotatable bonds is 1. The van der Waals surface area contributed by atoms with E-state index < -0.39 is 5.41 Å². The molecule has 2 aromatic carbocycles. The summed E-state index contributed by atoms with van der Waals surface area (Å²) in [5.41, 5.74) is 3.33. The number of hydrogen-bond acceptors (Lipinski definition) is 3. The van der Waals surface area contributed by atoms with Gasteiger partial charge >= 0.3 is 0 Å². The summed E-state index contributed by atoms with van der Waals surface area (Å²) in [5.74, 6) is 0.0904. The van der Waals surface area contributed by atoms with Crippen LogP contribution < -0.4 is 0 Å². The number of nitrogens with zero attached hydrogens (tertiary/aromatic N) is 2. The summed E-state index contributed by atoms with van der Waals surface area (Å²) in [4.78, 5) is 21.8. The lowest BCUT2D eigenvalue weighted by molar-refractivity contribution is 0.0860. The minimum atomic E-state index is -0.429. The molecular formula is C17H16N2O. The summed E-state index contributed by atoms with van der Waals surface area (Å²) in [6.07, 6.45) is 0. The molecule has 0 aliphatic rings. The van der Waals surface area contributed by atoms with E-state index in [4.69, 9.17) is 0 Å². The second-order valence-corrected chi connectivity index (χ2v) is 5.96. The van der Waals surface area contributed by atoms with Crippen molar-refractivity contribution in [2.75, 3.05) is 0 Å². The van der Waals surface area contributed by atoms with Gasteiger partial charge in [0.25, 0.3) is 0 Å². The van der Waals surface area contributed by atoms with Gasteiger partial charge < -0.3 is 0 Å². The summed E-state index contributed by atoms with van der Waals surface area (Å²) in [5, 5.41) is 0. The van der Waals surface area contributed by atoms with Crippen molar-refractivity contribution in [1.82, 2.24) is 9.97 Å². The Morgan fingerprint density at radius 3 is 2.10 bits per heavy atom. The maximum atomic E-state index is 12.5. The van der Waals surface area contributed by atoms with E-state index in [1.807, 2.05) is 63.2 Å². The Balaban J connectivity index is 2.34. The van der Waals surface area contributed by atoms with Crippen LogP contribution in [-0.2, 0) is 0 Å². The molecule has 0 fully saturated rings. The van der Waals surface area contributed by atoms with Crippen molar-refractivity contribution in [1.29, 1.82) is 0 Å². The summed E-state index contributed by atoms with van der Waals surface area (Å²) in [6, 6.07) is 13.3. The zero-order valence-corrected chi connectivity index (χ0v) is 11.8. The molecule has 0 bridgehead atoms. The molecule has 1 heterocycles. The third-order valence-electron chi connectivity index (χ3n) is 3.30. The van der Waals surface area contributed by atoms with E-state index in [1.54, 1.807) is 0 Å². The molecule has 0 saturated heterocycles. The first kappa shape index (κ1) is 12.7. The van der Waals surface area contributed by atoms with Gasteiger partial charge in [0.05, 0.1) is 16.6 Å². The molecule has 3 aromatic rings. The lowest BCUT2D eigenvalue weighted by atomic mass is 9.86. The molecule has 0 unspecified atom stereocenters. The Hall–Kier alpha value is -2.29. The molecule has 0 aliphatic heterocycles. The highest BCUT2D eigenvalue weighted by Gasteiger charge is 2.25. The van der Waals surface area contributed by atoms with E-state index in [0.717, 1.165) is 16.6 Å². The highest BCUT2D eigenvalue weighted by atomic mass is 16.1. The van der Waals surface area contributed by atoms with Gasteiger partial charge in [0.15, 0.2) is 5.78 Å². The van der Waals surface area contributed by atoms with Crippen molar-refractivity contribution in [2.24, 2.45) is 5.41 Å². The van der Waals surface area contributed by atoms with E-state index in [9.17, 15) is 4.79 Å². The first-order valence-electron chi connectivity index (χ1n) is 6.67. The van der Waals surface area contributed by atoms with Gasteiger partial charge in [-0.2, -0.15) is 0 Å². The van der Waals surface area contributed by atoms with Gasteiger partial charge in [0.2, 0.25) is 0 Å². The lowest BCUT2D eigenvalue weighted by Crippen LogP contribution is -2.20. The smallest absolute Gasteiger partial charge is 0.170 e. The predicted molar refractivity (Wildman–Crippen MR) is 80.8 cm³/mol. The van der Waals surface area contributed by atoms with Crippen LogP contribution in [0.1, 0.15) is 31.1 Å². The second kappa shape index (κ2) is 4.37. The number of Topliss-reactive ketones (excluding diaryl/α,β-unsaturated/α-hetero) is 1. The quantitative estimate of drug-likeness (QED) is 0.492. The van der Waals surface area contributed by atoms with Gasteiger partial charge in [0.1, 0.15) is 5.52 Å². The monoisotopic (exact) mass is 264 g/mol. The van der Waals surface area contributed by atoms with Crippen molar-refractivity contribution < 1.29 is 4.79 Å². The molecule has 100 valence electrons. The predicted octanol–water partition coefficient (Wildman–Crippen LogP) is 4.01. The average molecular weight is 264 g/mol. The van der Waals surface area contributed by atoms with Crippen LogP contribution in [0.15, 0.2) is 42.5 Å². The zero-order chi connectivity index (χ0) is 14.3. The Morgan fingerprint density at radius 2 is 1.45 bits per heavy atom. The SMILES string of the molecule is CC(C)(C)C(=O)c1cccc2nc3ccccc3nc12. The summed E-state index contributed by atoms with van der Waals surface area (Å²) in [7, 11) is 0. The molecule has 0 spiro atoms. The van der Waals surface area contributed by atoms with Gasteiger partial charge in [-0.1, -0.05) is 39.0 Å². The standard InChI is InChI=1S/C17H16N2O/c1-17(2,3)16(20)11-7-6-10-14-15(11)19-13-9-5-4-8-12(13)18-14/h4-10H,1-3H3. The Kier molecular flexibility index (Phi) is 2.78. The fourth-order valence-electron chi connectivity index (χ4n) is 2.23. The van der Waals surface area contributed by atoms with Gasteiger partial charge in [-0.3, -0.25) is 4.79 Å². The van der Waals surface area contributed by atoms with Crippen LogP contribution in [0.25, 0.3) is 22.1 Å². The molecule has 3 nitrogen and oxygen atoms in total. The van der Waals surface area contributed by atoms with Crippen molar-refractivity contribution in [2.45, 2.75) is 20.8 Å². The third kappa shape index (κ3) is 2.05. The Labute approximate surface area is 117 Å². The van der Waals surface area contributed by atoms with Crippen LogP contribution in [-0.4, -0.2) is 15.8 Å². The van der Waals surface area contributed by atoms with Gasteiger partial charge in [-0.05, 0) is 24.3 Å². The number of hydrogen-bond donors (Lipinski definition) is 0. The number of carbonyl (C=O) groups excluding carboxylic acids is 1. The van der Waals surface area contributed by atoms with Crippen molar-refractivity contribution in [3.63, 3.8) is 0 Å².